The Balaban J connectivity index is 2.14. The van der Waals surface area contributed by atoms with Gasteiger partial charge in [-0.3, -0.25) is 19.2 Å². The fourth-order valence-corrected chi connectivity index (χ4v) is 4.32. The van der Waals surface area contributed by atoms with Gasteiger partial charge in [-0.05, 0) is 91.1 Å². The lowest BCUT2D eigenvalue weighted by Gasteiger charge is -2.34. The van der Waals surface area contributed by atoms with Crippen molar-refractivity contribution in [2.24, 2.45) is 16.7 Å². The van der Waals surface area contributed by atoms with Crippen LogP contribution in [0.2, 0.25) is 0 Å². The van der Waals surface area contributed by atoms with Crippen molar-refractivity contribution in [1.29, 1.82) is 0 Å². The summed E-state index contributed by atoms with van der Waals surface area (Å²) in [6.07, 6.45) is -0.309. The van der Waals surface area contributed by atoms with Crippen LogP contribution >= 0.6 is 0 Å². The fourth-order valence-electron chi connectivity index (χ4n) is 4.32. The van der Waals surface area contributed by atoms with E-state index < -0.39 is 40.5 Å². The van der Waals surface area contributed by atoms with Crippen molar-refractivity contribution in [1.82, 2.24) is 15.5 Å². The first kappa shape index (κ1) is 38.4. The van der Waals surface area contributed by atoms with Crippen molar-refractivity contribution >= 4 is 23.8 Å². The molecule has 2 rings (SSSR count). The molecule has 254 valence electrons. The highest BCUT2D eigenvalue weighted by Gasteiger charge is 2.33. The predicted molar refractivity (Wildman–Crippen MR) is 178 cm³/mol. The summed E-state index contributed by atoms with van der Waals surface area (Å²) in [6, 6.07) is 12.8. The van der Waals surface area contributed by atoms with Crippen molar-refractivity contribution in [2.75, 3.05) is 20.1 Å². The number of esters is 2. The van der Waals surface area contributed by atoms with Gasteiger partial charge in [0.05, 0.1) is 16.9 Å². The fraction of sp³-hybridized carbons (Fsp3) is 0.556. The number of aliphatic hydroxyl groups is 1. The zero-order valence-corrected chi connectivity index (χ0v) is 29.3. The number of ether oxygens (including phenoxy) is 2. The highest BCUT2D eigenvalue weighted by Crippen LogP contribution is 2.34. The first-order valence-corrected chi connectivity index (χ1v) is 15.8. The second-order valence-electron chi connectivity index (χ2n) is 14.6. The van der Waals surface area contributed by atoms with Gasteiger partial charge < -0.3 is 30.1 Å². The third kappa shape index (κ3) is 10.9. The molecule has 0 aliphatic rings. The first-order valence-electron chi connectivity index (χ1n) is 15.8. The van der Waals surface area contributed by atoms with Gasteiger partial charge in [0.2, 0.25) is 5.91 Å². The third-order valence-corrected chi connectivity index (χ3v) is 7.67. The summed E-state index contributed by atoms with van der Waals surface area (Å²) < 4.78 is 11.2. The minimum absolute atomic E-state index is 0.0332. The van der Waals surface area contributed by atoms with Crippen LogP contribution in [0.15, 0.2) is 48.5 Å². The van der Waals surface area contributed by atoms with E-state index in [1.54, 1.807) is 78.9 Å². The van der Waals surface area contributed by atoms with Crippen molar-refractivity contribution in [3.63, 3.8) is 0 Å². The normalized spacial score (nSPS) is 14.1. The summed E-state index contributed by atoms with van der Waals surface area (Å²) in [6.45, 7) is 18.3. The Bertz CT molecular complexity index is 1360. The Hall–Kier alpha value is -3.76. The Kier molecular flexibility index (Phi) is 13.1. The van der Waals surface area contributed by atoms with Crippen LogP contribution in [0.1, 0.15) is 97.7 Å². The maximum Gasteiger partial charge on any atom is 0.316 e. The second-order valence-corrected chi connectivity index (χ2v) is 14.6. The molecular formula is C36H53N3O7. The van der Waals surface area contributed by atoms with E-state index in [4.69, 9.17) is 9.47 Å². The van der Waals surface area contributed by atoms with E-state index in [1.165, 1.54) is 17.0 Å². The largest absolute Gasteiger partial charge is 0.422 e. The highest BCUT2D eigenvalue weighted by atomic mass is 16.6. The maximum absolute atomic E-state index is 13.4. The van der Waals surface area contributed by atoms with Gasteiger partial charge in [-0.15, -0.1) is 0 Å². The number of carbonyl (C=O) groups excluding carboxylic acids is 4. The number of aliphatic hydroxyl groups excluding tert-OH is 1. The van der Waals surface area contributed by atoms with Gasteiger partial charge in [-0.2, -0.15) is 0 Å². The SMILES string of the molecule is CC[C@H](C)[C@@H](C(=O)NCC(C)(C)NCC(O)c1ccc(OC(=O)C(C)(C)C)c(OC(=O)C(C)(C)C)c1)N(C)C(=O)c1ccccc1. The highest BCUT2D eigenvalue weighted by molar-refractivity contribution is 5.97. The molecule has 0 aliphatic heterocycles. The number of benzene rings is 2. The molecule has 0 heterocycles. The van der Waals surface area contributed by atoms with Crippen molar-refractivity contribution in [2.45, 2.75) is 93.3 Å². The molecule has 2 aromatic carbocycles. The van der Waals surface area contributed by atoms with E-state index in [0.29, 0.717) is 17.5 Å². The van der Waals surface area contributed by atoms with E-state index in [1.807, 2.05) is 33.8 Å². The molecular weight excluding hydrogens is 586 g/mol. The molecule has 1 unspecified atom stereocenters. The number of nitrogens with zero attached hydrogens (tertiary/aromatic N) is 1. The number of amides is 2. The lowest BCUT2D eigenvalue weighted by Crippen LogP contribution is -2.56. The number of likely N-dealkylation sites (N-methyl/N-ethyl adjacent to an activating group) is 1. The summed E-state index contributed by atoms with van der Waals surface area (Å²) in [4.78, 5) is 53.3. The smallest absolute Gasteiger partial charge is 0.316 e. The Morgan fingerprint density at radius 3 is 1.91 bits per heavy atom. The summed E-state index contributed by atoms with van der Waals surface area (Å²) in [5.41, 5.74) is -1.28. The molecule has 0 aromatic heterocycles. The number of rotatable bonds is 13. The molecule has 3 N–H and O–H groups in total. The maximum atomic E-state index is 13.4. The molecule has 0 saturated heterocycles. The van der Waals surface area contributed by atoms with Crippen LogP contribution in [-0.4, -0.2) is 65.5 Å². The van der Waals surface area contributed by atoms with Gasteiger partial charge in [0, 0.05) is 31.2 Å². The van der Waals surface area contributed by atoms with Crippen LogP contribution in [0.25, 0.3) is 0 Å². The lowest BCUT2D eigenvalue weighted by atomic mass is 9.95. The molecule has 0 spiro atoms. The Labute approximate surface area is 274 Å². The molecule has 0 bridgehead atoms. The van der Waals surface area contributed by atoms with Gasteiger partial charge in [0.1, 0.15) is 6.04 Å². The zero-order valence-electron chi connectivity index (χ0n) is 29.3. The molecule has 2 aromatic rings. The van der Waals surface area contributed by atoms with Crippen molar-refractivity contribution < 1.29 is 33.8 Å². The lowest BCUT2D eigenvalue weighted by molar-refractivity contribution is -0.145. The summed E-state index contributed by atoms with van der Waals surface area (Å²) in [5, 5.41) is 17.3. The van der Waals surface area contributed by atoms with Gasteiger partial charge in [0.15, 0.2) is 11.5 Å². The summed E-state index contributed by atoms with van der Waals surface area (Å²) in [5.74, 6) is -1.47. The topological polar surface area (TPSA) is 134 Å². The zero-order chi connectivity index (χ0) is 35.0. The number of hydrogen-bond donors (Lipinski definition) is 3. The molecule has 10 nitrogen and oxygen atoms in total. The van der Waals surface area contributed by atoms with Gasteiger partial charge in [0.25, 0.3) is 5.91 Å². The number of nitrogens with one attached hydrogen (secondary N) is 2. The molecule has 46 heavy (non-hydrogen) atoms. The van der Waals surface area contributed by atoms with Crippen LogP contribution in [0.4, 0.5) is 0 Å². The monoisotopic (exact) mass is 639 g/mol. The molecule has 0 fully saturated rings. The number of carbonyl (C=O) groups is 4. The molecule has 2 amide bonds. The molecule has 3 atom stereocenters. The predicted octanol–water partition coefficient (Wildman–Crippen LogP) is 5.29. The number of hydrogen-bond acceptors (Lipinski definition) is 8. The van der Waals surface area contributed by atoms with Crippen LogP contribution < -0.4 is 20.1 Å². The quantitative estimate of drug-likeness (QED) is 0.199. The van der Waals surface area contributed by atoms with E-state index in [2.05, 4.69) is 10.6 Å². The molecule has 0 radical (unpaired) electrons. The van der Waals surface area contributed by atoms with Crippen molar-refractivity contribution in [3.05, 3.63) is 59.7 Å². The molecule has 10 heteroatoms. The van der Waals surface area contributed by atoms with Gasteiger partial charge in [-0.25, -0.2) is 0 Å². The standard InChI is InChI=1S/C36H53N3O7/c1-12-23(2)29(39(11)31(42)24-16-14-13-15-17-24)30(41)37-22-36(9,10)38-21-26(40)25-18-19-27(45-32(43)34(3,4)5)28(20-25)46-33(44)35(6,7)8/h13-20,23,26,29,38,40H,12,21-22H2,1-11H3,(H,37,41)/t23-,26?,29-/m0/s1. The van der Waals surface area contributed by atoms with E-state index >= 15 is 0 Å². The molecule has 0 aliphatic carbocycles. The van der Waals surface area contributed by atoms with E-state index in [0.717, 1.165) is 0 Å². The second kappa shape index (κ2) is 15.7. The minimum Gasteiger partial charge on any atom is -0.422 e. The Morgan fingerprint density at radius 1 is 0.848 bits per heavy atom. The average molecular weight is 640 g/mol. The molecule has 0 saturated carbocycles. The van der Waals surface area contributed by atoms with Crippen molar-refractivity contribution in [3.8, 4) is 11.5 Å². The number of β-amino-alcohol motifs (C(OH)–C–C–N with tert-alkyl or cyclic N) is 1. The first-order chi connectivity index (χ1) is 21.2. The van der Waals surface area contributed by atoms with Crippen LogP contribution in [-0.2, 0) is 14.4 Å². The Morgan fingerprint density at radius 2 is 1.39 bits per heavy atom. The van der Waals surface area contributed by atoms with Crippen LogP contribution in [0.5, 0.6) is 11.5 Å². The van der Waals surface area contributed by atoms with Gasteiger partial charge in [-0.1, -0.05) is 44.5 Å². The van der Waals surface area contributed by atoms with E-state index in [-0.39, 0.29) is 42.3 Å². The third-order valence-electron chi connectivity index (χ3n) is 7.67. The average Bonchev–Trinajstić information content (AvgIpc) is 2.98. The minimum atomic E-state index is -1.02. The van der Waals surface area contributed by atoms with Gasteiger partial charge >= 0.3 is 11.9 Å². The van der Waals surface area contributed by atoms with Crippen LogP contribution in [0, 0.1) is 16.7 Å². The summed E-state index contributed by atoms with van der Waals surface area (Å²) in [7, 11) is 1.65. The summed E-state index contributed by atoms with van der Waals surface area (Å²) >= 11 is 0. The van der Waals surface area contributed by atoms with E-state index in [9.17, 15) is 24.3 Å². The van der Waals surface area contributed by atoms with Crippen LogP contribution in [0.3, 0.4) is 0 Å².